The lowest BCUT2D eigenvalue weighted by molar-refractivity contribution is 0.178. The van der Waals surface area contributed by atoms with Crippen LogP contribution in [0.25, 0.3) is 0 Å². The Labute approximate surface area is 134 Å². The molecule has 124 valence electrons. The first-order valence-corrected chi connectivity index (χ1v) is 8.08. The summed E-state index contributed by atoms with van der Waals surface area (Å²) in [5, 5.41) is 19.2. The zero-order valence-corrected chi connectivity index (χ0v) is 13.5. The van der Waals surface area contributed by atoms with E-state index in [1.807, 2.05) is 7.05 Å². The maximum Gasteiger partial charge on any atom is 0.164 e. The van der Waals surface area contributed by atoms with E-state index in [1.165, 1.54) is 12.8 Å². The molecule has 3 heterocycles. The lowest BCUT2D eigenvalue weighted by Gasteiger charge is -2.14. The van der Waals surface area contributed by atoms with E-state index < -0.39 is 0 Å². The second-order valence-electron chi connectivity index (χ2n) is 6.59. The summed E-state index contributed by atoms with van der Waals surface area (Å²) in [6, 6.07) is 0. The van der Waals surface area contributed by atoms with E-state index >= 15 is 0 Å². The summed E-state index contributed by atoms with van der Waals surface area (Å²) in [7, 11) is 3.55. The third-order valence-corrected chi connectivity index (χ3v) is 4.90. The minimum absolute atomic E-state index is 0.380. The Hall–Kier alpha value is -1.87. The number of hydrogen-bond donors (Lipinski definition) is 1. The lowest BCUT2D eigenvalue weighted by atomic mass is 9.91. The second-order valence-corrected chi connectivity index (χ2v) is 6.59. The SMILES string of the molecule is COCc1nc([C@H]2CN(Cc3nnnn3C)C[C@@H]2C2CC2)n[nH]1. The Morgan fingerprint density at radius 2 is 2.17 bits per heavy atom. The summed E-state index contributed by atoms with van der Waals surface area (Å²) < 4.78 is 6.86. The number of aryl methyl sites for hydroxylation is 1. The number of hydrogen-bond acceptors (Lipinski definition) is 7. The van der Waals surface area contributed by atoms with Crippen molar-refractivity contribution in [1.82, 2.24) is 40.3 Å². The molecule has 1 saturated heterocycles. The maximum atomic E-state index is 5.13. The van der Waals surface area contributed by atoms with Crippen molar-refractivity contribution in [3.8, 4) is 0 Å². The van der Waals surface area contributed by atoms with Gasteiger partial charge < -0.3 is 4.74 Å². The van der Waals surface area contributed by atoms with Crippen LogP contribution in [0.4, 0.5) is 0 Å². The predicted octanol–water partition coefficient (Wildman–Crippen LogP) is 0.100. The molecule has 0 bridgehead atoms. The monoisotopic (exact) mass is 318 g/mol. The highest BCUT2D eigenvalue weighted by Crippen LogP contribution is 2.47. The van der Waals surface area contributed by atoms with E-state index in [4.69, 9.17) is 4.74 Å². The van der Waals surface area contributed by atoms with Gasteiger partial charge in [0.15, 0.2) is 17.5 Å². The fraction of sp³-hybridized carbons (Fsp3) is 0.786. The third-order valence-electron chi connectivity index (χ3n) is 4.90. The molecule has 4 rings (SSSR count). The fourth-order valence-corrected chi connectivity index (χ4v) is 3.58. The first-order valence-electron chi connectivity index (χ1n) is 8.08. The smallest absolute Gasteiger partial charge is 0.164 e. The zero-order chi connectivity index (χ0) is 15.8. The molecule has 2 aromatic heterocycles. The van der Waals surface area contributed by atoms with Gasteiger partial charge >= 0.3 is 0 Å². The van der Waals surface area contributed by atoms with Crippen LogP contribution in [0.2, 0.25) is 0 Å². The normalized spacial score (nSPS) is 25.3. The Morgan fingerprint density at radius 3 is 2.87 bits per heavy atom. The summed E-state index contributed by atoms with van der Waals surface area (Å²) in [4.78, 5) is 7.05. The predicted molar refractivity (Wildman–Crippen MR) is 80.1 cm³/mol. The molecule has 23 heavy (non-hydrogen) atoms. The molecule has 2 atom stereocenters. The number of aromatic nitrogens is 7. The average Bonchev–Trinajstić information content (AvgIpc) is 2.93. The quantitative estimate of drug-likeness (QED) is 0.806. The Kier molecular flexibility index (Phi) is 3.82. The Bertz CT molecular complexity index is 663. The van der Waals surface area contributed by atoms with Crippen LogP contribution in [0, 0.1) is 11.8 Å². The van der Waals surface area contributed by atoms with E-state index in [-0.39, 0.29) is 0 Å². The van der Waals surface area contributed by atoms with Gasteiger partial charge in [0.1, 0.15) is 6.61 Å². The van der Waals surface area contributed by atoms with Gasteiger partial charge in [-0.3, -0.25) is 10.00 Å². The standard InChI is InChI=1S/C14H22N8O/c1-21-13(17-19-20-21)7-22-5-10(9-3-4-9)11(6-22)14-15-12(8-23-2)16-18-14/h9-11H,3-8H2,1-2H3,(H,15,16,18)/t10-,11+/m1/s1. The van der Waals surface area contributed by atoms with Gasteiger partial charge in [-0.05, 0) is 35.1 Å². The number of rotatable bonds is 6. The van der Waals surface area contributed by atoms with Crippen LogP contribution in [-0.4, -0.2) is 60.5 Å². The summed E-state index contributed by atoms with van der Waals surface area (Å²) in [6.45, 7) is 3.27. The average molecular weight is 318 g/mol. The van der Waals surface area contributed by atoms with Crippen LogP contribution < -0.4 is 0 Å². The molecule has 1 saturated carbocycles. The van der Waals surface area contributed by atoms with Gasteiger partial charge in [0.2, 0.25) is 0 Å². The van der Waals surface area contributed by atoms with Gasteiger partial charge in [-0.1, -0.05) is 0 Å². The van der Waals surface area contributed by atoms with Gasteiger partial charge in [0, 0.05) is 33.2 Å². The molecule has 0 aromatic carbocycles. The number of H-pyrrole nitrogens is 1. The molecule has 9 nitrogen and oxygen atoms in total. The highest BCUT2D eigenvalue weighted by Gasteiger charge is 2.44. The highest BCUT2D eigenvalue weighted by atomic mass is 16.5. The Morgan fingerprint density at radius 1 is 1.30 bits per heavy atom. The van der Waals surface area contributed by atoms with Crippen LogP contribution in [0.15, 0.2) is 0 Å². The molecular weight excluding hydrogens is 296 g/mol. The van der Waals surface area contributed by atoms with E-state index in [9.17, 15) is 0 Å². The number of nitrogens with one attached hydrogen (secondary N) is 1. The van der Waals surface area contributed by atoms with Crippen molar-refractivity contribution < 1.29 is 4.74 Å². The largest absolute Gasteiger partial charge is 0.377 e. The van der Waals surface area contributed by atoms with Crippen molar-refractivity contribution in [3.63, 3.8) is 0 Å². The molecule has 0 radical (unpaired) electrons. The highest BCUT2D eigenvalue weighted by molar-refractivity contribution is 5.09. The van der Waals surface area contributed by atoms with Crippen molar-refractivity contribution in [2.75, 3.05) is 20.2 Å². The van der Waals surface area contributed by atoms with Crippen molar-refractivity contribution in [3.05, 3.63) is 17.5 Å². The van der Waals surface area contributed by atoms with Gasteiger partial charge in [-0.25, -0.2) is 9.67 Å². The third kappa shape index (κ3) is 2.98. The molecule has 2 aliphatic rings. The van der Waals surface area contributed by atoms with Crippen LogP contribution in [0.5, 0.6) is 0 Å². The number of aromatic amines is 1. The molecule has 0 amide bonds. The Balaban J connectivity index is 1.49. The molecule has 2 fully saturated rings. The van der Waals surface area contributed by atoms with Gasteiger partial charge in [0.05, 0.1) is 6.54 Å². The number of nitrogens with zero attached hydrogens (tertiary/aromatic N) is 7. The summed E-state index contributed by atoms with van der Waals surface area (Å²) in [5.74, 6) is 4.44. The lowest BCUT2D eigenvalue weighted by Crippen LogP contribution is -2.22. The van der Waals surface area contributed by atoms with Gasteiger partial charge in [0.25, 0.3) is 0 Å². The van der Waals surface area contributed by atoms with Crippen LogP contribution in [0.1, 0.15) is 36.2 Å². The van der Waals surface area contributed by atoms with Crippen molar-refractivity contribution in [2.45, 2.75) is 31.9 Å². The first-order chi connectivity index (χ1) is 11.2. The summed E-state index contributed by atoms with van der Waals surface area (Å²) in [5.41, 5.74) is 0. The second kappa shape index (κ2) is 5.97. The molecule has 0 spiro atoms. The van der Waals surface area contributed by atoms with Gasteiger partial charge in [-0.15, -0.1) is 5.10 Å². The number of tetrazole rings is 1. The molecule has 1 aliphatic carbocycles. The number of methoxy groups -OCH3 is 1. The minimum Gasteiger partial charge on any atom is -0.377 e. The van der Waals surface area contributed by atoms with Crippen molar-refractivity contribution in [2.24, 2.45) is 18.9 Å². The first kappa shape index (κ1) is 14.7. The van der Waals surface area contributed by atoms with E-state index in [1.54, 1.807) is 11.8 Å². The number of ether oxygens (including phenoxy) is 1. The van der Waals surface area contributed by atoms with Gasteiger partial charge in [-0.2, -0.15) is 5.10 Å². The van der Waals surface area contributed by atoms with E-state index in [0.717, 1.165) is 43.0 Å². The van der Waals surface area contributed by atoms with Crippen molar-refractivity contribution in [1.29, 1.82) is 0 Å². The van der Waals surface area contributed by atoms with Crippen molar-refractivity contribution >= 4 is 0 Å². The van der Waals surface area contributed by atoms with Crippen LogP contribution in [0.3, 0.4) is 0 Å². The van der Waals surface area contributed by atoms with E-state index in [2.05, 4.69) is 35.6 Å². The molecule has 1 aliphatic heterocycles. The molecule has 9 heteroatoms. The van der Waals surface area contributed by atoms with Crippen LogP contribution >= 0.6 is 0 Å². The van der Waals surface area contributed by atoms with Crippen LogP contribution in [-0.2, 0) is 24.9 Å². The summed E-state index contributed by atoms with van der Waals surface area (Å²) >= 11 is 0. The molecule has 0 unspecified atom stereocenters. The molecule has 1 N–H and O–H groups in total. The maximum absolute atomic E-state index is 5.13. The topological polar surface area (TPSA) is 97.6 Å². The molecular formula is C14H22N8O. The minimum atomic E-state index is 0.380. The van der Waals surface area contributed by atoms with E-state index in [0.29, 0.717) is 18.4 Å². The number of likely N-dealkylation sites (tertiary alicyclic amines) is 1. The fourth-order valence-electron chi connectivity index (χ4n) is 3.58. The zero-order valence-electron chi connectivity index (χ0n) is 13.5. The summed E-state index contributed by atoms with van der Waals surface area (Å²) in [6.07, 6.45) is 2.66. The molecule has 2 aromatic rings.